The van der Waals surface area contributed by atoms with E-state index in [-0.39, 0.29) is 23.5 Å². The third kappa shape index (κ3) is 4.09. The number of hydrogen-bond acceptors (Lipinski definition) is 3. The highest BCUT2D eigenvalue weighted by molar-refractivity contribution is 7.91. The minimum absolute atomic E-state index is 0.0156. The highest BCUT2D eigenvalue weighted by Crippen LogP contribution is 2.20. The van der Waals surface area contributed by atoms with Crippen molar-refractivity contribution in [1.29, 1.82) is 0 Å². The number of carbonyl (C=O) groups is 1. The largest absolute Gasteiger partial charge is 0.339 e. The van der Waals surface area contributed by atoms with Crippen LogP contribution in [0.15, 0.2) is 24.3 Å². The van der Waals surface area contributed by atoms with Crippen LogP contribution < -0.4 is 0 Å². The van der Waals surface area contributed by atoms with Gasteiger partial charge in [-0.2, -0.15) is 0 Å². The van der Waals surface area contributed by atoms with Gasteiger partial charge in [0, 0.05) is 12.6 Å². The Balaban J connectivity index is 2.03. The Morgan fingerprint density at radius 1 is 1.27 bits per heavy atom. The molecule has 1 amide bonds. The molecule has 2 rings (SSSR count). The summed E-state index contributed by atoms with van der Waals surface area (Å²) in [6.07, 6.45) is 0.900. The Morgan fingerprint density at radius 3 is 2.36 bits per heavy atom. The quantitative estimate of drug-likeness (QED) is 0.836. The Bertz CT molecular complexity index is 620. The molecule has 1 aromatic rings. The van der Waals surface area contributed by atoms with Crippen molar-refractivity contribution in [2.75, 3.05) is 18.1 Å². The second-order valence-corrected chi connectivity index (χ2v) is 8.54. The second-order valence-electron chi connectivity index (χ2n) is 6.31. The summed E-state index contributed by atoms with van der Waals surface area (Å²) >= 11 is 0. The summed E-state index contributed by atoms with van der Waals surface area (Å²) in [6, 6.07) is 7.95. The maximum absolute atomic E-state index is 12.5. The molecular formula is C17H25NO3S. The maximum Gasteiger partial charge on any atom is 0.227 e. The van der Waals surface area contributed by atoms with Gasteiger partial charge in [0.05, 0.1) is 17.9 Å². The van der Waals surface area contributed by atoms with E-state index >= 15 is 0 Å². The van der Waals surface area contributed by atoms with Crippen LogP contribution in [0.5, 0.6) is 0 Å². The van der Waals surface area contributed by atoms with Crippen LogP contribution in [-0.2, 0) is 21.1 Å². The molecule has 1 saturated heterocycles. The first-order valence-electron chi connectivity index (χ1n) is 7.91. The van der Waals surface area contributed by atoms with Gasteiger partial charge >= 0.3 is 0 Å². The number of amides is 1. The van der Waals surface area contributed by atoms with E-state index in [1.807, 2.05) is 19.1 Å². The number of likely N-dealkylation sites (N-methyl/N-ethyl adjacent to an activating group) is 1. The van der Waals surface area contributed by atoms with E-state index in [0.29, 0.717) is 25.3 Å². The van der Waals surface area contributed by atoms with Gasteiger partial charge in [-0.15, -0.1) is 0 Å². The van der Waals surface area contributed by atoms with Crippen molar-refractivity contribution in [3.8, 4) is 0 Å². The topological polar surface area (TPSA) is 54.5 Å². The van der Waals surface area contributed by atoms with Crippen LogP contribution in [-0.4, -0.2) is 43.3 Å². The van der Waals surface area contributed by atoms with Crippen molar-refractivity contribution in [1.82, 2.24) is 4.90 Å². The predicted octanol–water partition coefficient (Wildman–Crippen LogP) is 2.39. The fourth-order valence-corrected chi connectivity index (χ4v) is 4.69. The Kier molecular flexibility index (Phi) is 5.27. The van der Waals surface area contributed by atoms with Crippen molar-refractivity contribution in [2.45, 2.75) is 45.6 Å². The lowest BCUT2D eigenvalue weighted by atomic mass is 10.0. The average molecular weight is 323 g/mol. The van der Waals surface area contributed by atoms with Gasteiger partial charge < -0.3 is 4.90 Å². The van der Waals surface area contributed by atoms with Gasteiger partial charge in [-0.25, -0.2) is 8.42 Å². The molecule has 1 fully saturated rings. The summed E-state index contributed by atoms with van der Waals surface area (Å²) < 4.78 is 23.2. The molecule has 0 bridgehead atoms. The van der Waals surface area contributed by atoms with Gasteiger partial charge in [0.1, 0.15) is 0 Å². The normalized spacial score (nSPS) is 20.3. The number of rotatable bonds is 5. The minimum atomic E-state index is -2.97. The molecule has 0 aliphatic carbocycles. The zero-order chi connectivity index (χ0) is 16.3. The minimum Gasteiger partial charge on any atom is -0.339 e. The molecule has 1 aromatic carbocycles. The number of nitrogens with zero attached hydrogens (tertiary/aromatic N) is 1. The fraction of sp³-hybridized carbons (Fsp3) is 0.588. The van der Waals surface area contributed by atoms with Gasteiger partial charge in [-0.1, -0.05) is 38.1 Å². The van der Waals surface area contributed by atoms with Gasteiger partial charge in [0.25, 0.3) is 0 Å². The molecule has 122 valence electrons. The monoisotopic (exact) mass is 323 g/mol. The summed E-state index contributed by atoms with van der Waals surface area (Å²) in [5.74, 6) is 0.797. The number of sulfone groups is 1. The molecule has 0 N–H and O–H groups in total. The molecule has 0 radical (unpaired) electrons. The van der Waals surface area contributed by atoms with E-state index in [2.05, 4.69) is 26.0 Å². The first kappa shape index (κ1) is 17.0. The molecule has 22 heavy (non-hydrogen) atoms. The molecule has 0 saturated carbocycles. The van der Waals surface area contributed by atoms with Crippen molar-refractivity contribution in [3.05, 3.63) is 35.4 Å². The molecule has 0 spiro atoms. The number of carbonyl (C=O) groups excluding carboxylic acids is 1. The zero-order valence-electron chi connectivity index (χ0n) is 13.6. The van der Waals surface area contributed by atoms with Crippen LogP contribution in [0.25, 0.3) is 0 Å². The SMILES string of the molecule is CCN(C(=O)Cc1ccc(C(C)C)cc1)C1CCS(=O)(=O)C1. The van der Waals surface area contributed by atoms with Crippen LogP contribution in [0.2, 0.25) is 0 Å². The summed E-state index contributed by atoms with van der Waals surface area (Å²) in [5.41, 5.74) is 2.24. The highest BCUT2D eigenvalue weighted by Gasteiger charge is 2.33. The molecule has 1 heterocycles. The van der Waals surface area contributed by atoms with Crippen LogP contribution in [0, 0.1) is 0 Å². The number of benzene rings is 1. The van der Waals surface area contributed by atoms with E-state index in [1.165, 1.54) is 5.56 Å². The van der Waals surface area contributed by atoms with Crippen LogP contribution >= 0.6 is 0 Å². The predicted molar refractivity (Wildman–Crippen MR) is 88.7 cm³/mol. The lowest BCUT2D eigenvalue weighted by molar-refractivity contribution is -0.132. The zero-order valence-corrected chi connectivity index (χ0v) is 14.4. The molecule has 0 aromatic heterocycles. The Labute approximate surface area is 133 Å². The Hall–Kier alpha value is -1.36. The van der Waals surface area contributed by atoms with Crippen molar-refractivity contribution in [3.63, 3.8) is 0 Å². The summed E-state index contributed by atoms with van der Waals surface area (Å²) in [6.45, 7) is 6.74. The van der Waals surface area contributed by atoms with Crippen LogP contribution in [0.1, 0.15) is 44.2 Å². The summed E-state index contributed by atoms with van der Waals surface area (Å²) in [5, 5.41) is 0. The van der Waals surface area contributed by atoms with Gasteiger partial charge in [0.15, 0.2) is 9.84 Å². The lowest BCUT2D eigenvalue weighted by Gasteiger charge is -2.27. The third-order valence-corrected chi connectivity index (χ3v) is 6.06. The van der Waals surface area contributed by atoms with Crippen LogP contribution in [0.3, 0.4) is 0 Å². The van der Waals surface area contributed by atoms with E-state index in [9.17, 15) is 13.2 Å². The molecule has 5 heteroatoms. The first-order valence-corrected chi connectivity index (χ1v) is 9.73. The van der Waals surface area contributed by atoms with E-state index < -0.39 is 9.84 Å². The molecule has 1 unspecified atom stereocenters. The standard InChI is InChI=1S/C17H25NO3S/c1-4-18(16-9-10-22(20,21)12-16)17(19)11-14-5-7-15(8-6-14)13(2)3/h5-8,13,16H,4,9-12H2,1-3H3. The number of hydrogen-bond donors (Lipinski definition) is 0. The molecule has 1 atom stereocenters. The average Bonchev–Trinajstić information content (AvgIpc) is 2.80. The summed E-state index contributed by atoms with van der Waals surface area (Å²) in [7, 11) is -2.97. The van der Waals surface area contributed by atoms with Gasteiger partial charge in [0.2, 0.25) is 5.91 Å². The summed E-state index contributed by atoms with van der Waals surface area (Å²) in [4.78, 5) is 14.2. The highest BCUT2D eigenvalue weighted by atomic mass is 32.2. The fourth-order valence-electron chi connectivity index (χ4n) is 2.96. The van der Waals surface area contributed by atoms with Crippen molar-refractivity contribution < 1.29 is 13.2 Å². The smallest absolute Gasteiger partial charge is 0.227 e. The Morgan fingerprint density at radius 2 is 1.91 bits per heavy atom. The van der Waals surface area contributed by atoms with E-state index in [4.69, 9.17) is 0 Å². The molecule has 4 nitrogen and oxygen atoms in total. The van der Waals surface area contributed by atoms with Crippen LogP contribution in [0.4, 0.5) is 0 Å². The molecule has 1 aliphatic heterocycles. The first-order chi connectivity index (χ1) is 10.3. The van der Waals surface area contributed by atoms with E-state index in [1.54, 1.807) is 4.90 Å². The third-order valence-electron chi connectivity index (χ3n) is 4.31. The lowest BCUT2D eigenvalue weighted by Crippen LogP contribution is -2.41. The van der Waals surface area contributed by atoms with Gasteiger partial charge in [-0.05, 0) is 30.4 Å². The second kappa shape index (κ2) is 6.82. The van der Waals surface area contributed by atoms with E-state index in [0.717, 1.165) is 5.56 Å². The molecule has 1 aliphatic rings. The maximum atomic E-state index is 12.5. The van der Waals surface area contributed by atoms with Crippen molar-refractivity contribution >= 4 is 15.7 Å². The van der Waals surface area contributed by atoms with Crippen molar-refractivity contribution in [2.24, 2.45) is 0 Å². The molecular weight excluding hydrogens is 298 g/mol. The van der Waals surface area contributed by atoms with Gasteiger partial charge in [-0.3, -0.25) is 4.79 Å².